The highest BCUT2D eigenvalue weighted by Gasteiger charge is 2.52. The molecule has 2 N–H and O–H groups in total. The van der Waals surface area contributed by atoms with Crippen LogP contribution in [0.3, 0.4) is 0 Å². The Morgan fingerprint density at radius 3 is 2.77 bits per heavy atom. The van der Waals surface area contributed by atoms with E-state index in [4.69, 9.17) is 4.42 Å². The van der Waals surface area contributed by atoms with Gasteiger partial charge in [0.15, 0.2) is 0 Å². The monoisotopic (exact) mass is 353 g/mol. The molecule has 7 heteroatoms. The van der Waals surface area contributed by atoms with Crippen molar-refractivity contribution in [3.8, 4) is 0 Å². The molecule has 1 aromatic heterocycles. The minimum Gasteiger partial charge on any atom is -0.467 e. The second kappa shape index (κ2) is 6.33. The second-order valence-electron chi connectivity index (χ2n) is 6.71. The van der Waals surface area contributed by atoms with E-state index < -0.39 is 17.5 Å². The Kier molecular flexibility index (Phi) is 3.99. The first kappa shape index (κ1) is 16.4. The molecule has 134 valence electrons. The van der Waals surface area contributed by atoms with Gasteiger partial charge in [-0.05, 0) is 36.1 Å². The maximum atomic E-state index is 12.9. The Morgan fingerprint density at radius 2 is 2.00 bits per heavy atom. The second-order valence-corrected chi connectivity index (χ2v) is 6.71. The van der Waals surface area contributed by atoms with Gasteiger partial charge in [-0.2, -0.15) is 0 Å². The van der Waals surface area contributed by atoms with Crippen LogP contribution in [0, 0.1) is 0 Å². The molecule has 26 heavy (non-hydrogen) atoms. The van der Waals surface area contributed by atoms with Crippen LogP contribution in [0.1, 0.15) is 23.3 Å². The van der Waals surface area contributed by atoms with E-state index in [1.165, 1.54) is 11.8 Å². The van der Waals surface area contributed by atoms with Crippen LogP contribution in [0.2, 0.25) is 0 Å². The molecule has 0 radical (unpaired) electrons. The lowest BCUT2D eigenvalue weighted by atomic mass is 9.78. The summed E-state index contributed by atoms with van der Waals surface area (Å²) in [4.78, 5) is 38.4. The fourth-order valence-corrected chi connectivity index (χ4v) is 3.64. The number of carbonyl (C=O) groups is 3. The van der Waals surface area contributed by atoms with Gasteiger partial charge in [0.25, 0.3) is 5.91 Å². The number of imide groups is 1. The van der Waals surface area contributed by atoms with Crippen molar-refractivity contribution in [3.63, 3.8) is 0 Å². The lowest BCUT2D eigenvalue weighted by Gasteiger charge is -2.32. The van der Waals surface area contributed by atoms with E-state index in [0.717, 1.165) is 16.9 Å². The van der Waals surface area contributed by atoms with E-state index in [1.807, 2.05) is 24.3 Å². The third-order valence-electron chi connectivity index (χ3n) is 5.02. The summed E-state index contributed by atoms with van der Waals surface area (Å²) in [6.07, 6.45) is 3.24. The first-order valence-corrected chi connectivity index (χ1v) is 8.57. The highest BCUT2D eigenvalue weighted by Crippen LogP contribution is 2.33. The van der Waals surface area contributed by atoms with E-state index >= 15 is 0 Å². The van der Waals surface area contributed by atoms with Crippen molar-refractivity contribution >= 4 is 17.8 Å². The zero-order valence-electron chi connectivity index (χ0n) is 14.2. The molecular formula is C19H19N3O4. The number of aryl methyl sites for hydroxylation is 1. The number of nitrogens with one attached hydrogen (secondary N) is 2. The number of hydrogen-bond donors (Lipinski definition) is 2. The molecule has 2 heterocycles. The van der Waals surface area contributed by atoms with Crippen molar-refractivity contribution in [3.05, 3.63) is 59.5 Å². The fraction of sp³-hybridized carbons (Fsp3) is 0.316. The highest BCUT2D eigenvalue weighted by molar-refractivity contribution is 6.09. The summed E-state index contributed by atoms with van der Waals surface area (Å²) in [5, 5.41) is 5.48. The van der Waals surface area contributed by atoms with Crippen LogP contribution in [0.5, 0.6) is 0 Å². The van der Waals surface area contributed by atoms with Crippen LogP contribution in [0.15, 0.2) is 47.1 Å². The molecule has 4 amide bonds. The van der Waals surface area contributed by atoms with E-state index in [9.17, 15) is 14.4 Å². The zero-order chi connectivity index (χ0) is 18.1. The fourth-order valence-electron chi connectivity index (χ4n) is 3.64. The molecular weight excluding hydrogens is 334 g/mol. The summed E-state index contributed by atoms with van der Waals surface area (Å²) >= 11 is 0. The van der Waals surface area contributed by atoms with Gasteiger partial charge in [-0.15, -0.1) is 0 Å². The molecule has 1 fully saturated rings. The van der Waals surface area contributed by atoms with Crippen molar-refractivity contribution in [2.24, 2.45) is 0 Å². The summed E-state index contributed by atoms with van der Waals surface area (Å²) < 4.78 is 5.14. The van der Waals surface area contributed by atoms with Crippen LogP contribution in [0.4, 0.5) is 4.79 Å². The molecule has 2 aromatic rings. The average Bonchev–Trinajstić information content (AvgIpc) is 3.23. The molecule has 1 aliphatic heterocycles. The summed E-state index contributed by atoms with van der Waals surface area (Å²) in [5.41, 5.74) is 1.33. The number of nitrogens with zero attached hydrogens (tertiary/aromatic N) is 1. The van der Waals surface area contributed by atoms with Crippen molar-refractivity contribution in [1.29, 1.82) is 0 Å². The number of amides is 4. The van der Waals surface area contributed by atoms with Crippen LogP contribution >= 0.6 is 0 Å². The molecule has 0 saturated carbocycles. The summed E-state index contributed by atoms with van der Waals surface area (Å²) in [7, 11) is 0. The average molecular weight is 353 g/mol. The topological polar surface area (TPSA) is 91.7 Å². The van der Waals surface area contributed by atoms with Gasteiger partial charge in [-0.25, -0.2) is 4.79 Å². The normalized spacial score (nSPS) is 21.6. The minimum atomic E-state index is -0.938. The molecule has 4 rings (SSSR count). The molecule has 1 aliphatic carbocycles. The van der Waals surface area contributed by atoms with Gasteiger partial charge in [-0.1, -0.05) is 24.3 Å². The Balaban J connectivity index is 1.43. The Hall–Kier alpha value is -3.09. The van der Waals surface area contributed by atoms with Crippen molar-refractivity contribution in [2.75, 3.05) is 6.54 Å². The third-order valence-corrected chi connectivity index (χ3v) is 5.02. The molecule has 1 saturated heterocycles. The van der Waals surface area contributed by atoms with Gasteiger partial charge in [-0.3, -0.25) is 14.5 Å². The summed E-state index contributed by atoms with van der Waals surface area (Å²) in [6.45, 7) is -0.0806. The zero-order valence-corrected chi connectivity index (χ0v) is 14.2. The number of furan rings is 1. The largest absolute Gasteiger partial charge is 0.467 e. The van der Waals surface area contributed by atoms with Crippen LogP contribution < -0.4 is 10.6 Å². The van der Waals surface area contributed by atoms with Crippen LogP contribution in [0.25, 0.3) is 0 Å². The lowest BCUT2D eigenvalue weighted by molar-refractivity contribution is -0.135. The standard InChI is InChI=1S/C19H19N3O4/c23-16(20-11-15-6-3-9-26-15)12-22-17(24)19(21-18(22)25)8-7-13-4-1-2-5-14(13)10-19/h1-6,9H,7-8,10-12H2,(H,20,23)(H,21,25)/t19-/m0/s1. The van der Waals surface area contributed by atoms with Crippen molar-refractivity contribution in [1.82, 2.24) is 15.5 Å². The number of rotatable bonds is 4. The van der Waals surface area contributed by atoms with E-state index in [1.54, 1.807) is 12.1 Å². The smallest absolute Gasteiger partial charge is 0.325 e. The molecule has 0 unspecified atom stereocenters. The predicted octanol–water partition coefficient (Wildman–Crippen LogP) is 1.38. The van der Waals surface area contributed by atoms with Crippen molar-refractivity contribution in [2.45, 2.75) is 31.3 Å². The van der Waals surface area contributed by atoms with E-state index in [-0.39, 0.29) is 19.0 Å². The van der Waals surface area contributed by atoms with Crippen molar-refractivity contribution < 1.29 is 18.8 Å². The predicted molar refractivity (Wildman–Crippen MR) is 92.0 cm³/mol. The maximum Gasteiger partial charge on any atom is 0.325 e. The first-order valence-electron chi connectivity index (χ1n) is 8.57. The molecule has 7 nitrogen and oxygen atoms in total. The first-order chi connectivity index (χ1) is 12.6. The number of hydrogen-bond acceptors (Lipinski definition) is 4. The molecule has 1 atom stereocenters. The van der Waals surface area contributed by atoms with Gasteiger partial charge in [0, 0.05) is 6.42 Å². The molecule has 2 aliphatic rings. The molecule has 1 aromatic carbocycles. The number of fused-ring (bicyclic) bond motifs is 1. The van der Waals surface area contributed by atoms with Gasteiger partial charge in [0.2, 0.25) is 5.91 Å². The van der Waals surface area contributed by atoms with Gasteiger partial charge >= 0.3 is 6.03 Å². The highest BCUT2D eigenvalue weighted by atomic mass is 16.3. The Morgan fingerprint density at radius 1 is 1.19 bits per heavy atom. The molecule has 1 spiro atoms. The third kappa shape index (κ3) is 2.85. The van der Waals surface area contributed by atoms with Gasteiger partial charge in [0.05, 0.1) is 12.8 Å². The summed E-state index contributed by atoms with van der Waals surface area (Å²) in [6, 6.07) is 10.9. The maximum absolute atomic E-state index is 12.9. The summed E-state index contributed by atoms with van der Waals surface area (Å²) in [5.74, 6) is -0.126. The minimum absolute atomic E-state index is 0.216. The van der Waals surface area contributed by atoms with Crippen LogP contribution in [-0.4, -0.2) is 34.8 Å². The Bertz CT molecular complexity index is 861. The van der Waals surface area contributed by atoms with Gasteiger partial charge in [0.1, 0.15) is 17.8 Å². The SMILES string of the molecule is O=C(CN1C(=O)N[C@]2(CCc3ccccc3C2)C1=O)NCc1ccco1. The molecule has 0 bridgehead atoms. The number of benzene rings is 1. The number of urea groups is 1. The van der Waals surface area contributed by atoms with Crippen LogP contribution in [-0.2, 0) is 29.0 Å². The van der Waals surface area contributed by atoms with E-state index in [2.05, 4.69) is 10.6 Å². The lowest BCUT2D eigenvalue weighted by Crippen LogP contribution is -2.51. The number of carbonyl (C=O) groups excluding carboxylic acids is 3. The Labute approximate surface area is 150 Å². The van der Waals surface area contributed by atoms with E-state index in [0.29, 0.717) is 18.6 Å². The quantitative estimate of drug-likeness (QED) is 0.812. The van der Waals surface area contributed by atoms with Gasteiger partial charge < -0.3 is 15.1 Å².